The van der Waals surface area contributed by atoms with E-state index in [9.17, 15) is 4.79 Å². The number of urea groups is 1. The van der Waals surface area contributed by atoms with Crippen molar-refractivity contribution in [2.45, 2.75) is 19.4 Å². The smallest absolute Gasteiger partial charge is 0.320 e. The highest BCUT2D eigenvalue weighted by Gasteiger charge is 2.34. The summed E-state index contributed by atoms with van der Waals surface area (Å²) in [5, 5.41) is 1.12. The summed E-state index contributed by atoms with van der Waals surface area (Å²) in [7, 11) is 2.13. The molecule has 2 aliphatic heterocycles. The summed E-state index contributed by atoms with van der Waals surface area (Å²) in [6, 6.07) is 4.57. The number of piperidine rings is 1. The van der Waals surface area contributed by atoms with Crippen molar-refractivity contribution >= 4 is 22.8 Å². The summed E-state index contributed by atoms with van der Waals surface area (Å²) >= 11 is 0. The first-order chi connectivity index (χ1) is 12.6. The van der Waals surface area contributed by atoms with Gasteiger partial charge < -0.3 is 24.4 Å². The largest absolute Gasteiger partial charge is 0.378 e. The number of nitrogens with one attached hydrogen (secondary N) is 1. The normalized spacial score (nSPS) is 24.1. The molecular weight excluding hydrogens is 330 g/mol. The van der Waals surface area contributed by atoms with Crippen LogP contribution >= 0.6 is 0 Å². The van der Waals surface area contributed by atoms with E-state index < -0.39 is 0 Å². The SMILES string of the molecule is CC1CCN(C(=O)N2CCOCC2)CC1N(C)c1ccnc2[nH]ccc12. The van der Waals surface area contributed by atoms with Crippen molar-refractivity contribution in [1.29, 1.82) is 0 Å². The van der Waals surface area contributed by atoms with E-state index in [0.29, 0.717) is 32.2 Å². The number of hydrogen-bond acceptors (Lipinski definition) is 4. The second-order valence-corrected chi connectivity index (χ2v) is 7.34. The Morgan fingerprint density at radius 3 is 2.88 bits per heavy atom. The summed E-state index contributed by atoms with van der Waals surface area (Å²) in [5.74, 6) is 0.524. The van der Waals surface area contributed by atoms with Gasteiger partial charge >= 0.3 is 6.03 Å². The van der Waals surface area contributed by atoms with Crippen molar-refractivity contribution in [3.8, 4) is 0 Å². The Bertz CT molecular complexity index is 770. The summed E-state index contributed by atoms with van der Waals surface area (Å²) in [4.78, 5) is 26.7. The van der Waals surface area contributed by atoms with Gasteiger partial charge in [-0.15, -0.1) is 0 Å². The van der Waals surface area contributed by atoms with Gasteiger partial charge in [0.05, 0.1) is 13.2 Å². The number of amides is 2. The van der Waals surface area contributed by atoms with Crippen LogP contribution < -0.4 is 4.90 Å². The Balaban J connectivity index is 1.53. The van der Waals surface area contributed by atoms with Crippen LogP contribution in [-0.4, -0.2) is 78.3 Å². The van der Waals surface area contributed by atoms with E-state index in [4.69, 9.17) is 4.74 Å². The lowest BCUT2D eigenvalue weighted by atomic mass is 9.92. The number of H-pyrrole nitrogens is 1. The number of ether oxygens (including phenoxy) is 1. The third kappa shape index (κ3) is 3.11. The van der Waals surface area contributed by atoms with Gasteiger partial charge in [-0.25, -0.2) is 9.78 Å². The molecule has 0 aliphatic carbocycles. The van der Waals surface area contributed by atoms with Gasteiger partial charge in [0.15, 0.2) is 0 Å². The maximum absolute atomic E-state index is 12.9. The molecule has 0 saturated carbocycles. The number of carbonyl (C=O) groups is 1. The third-order valence-electron chi connectivity index (χ3n) is 5.79. The lowest BCUT2D eigenvalue weighted by Gasteiger charge is -2.44. The first-order valence-corrected chi connectivity index (χ1v) is 9.41. The topological polar surface area (TPSA) is 64.7 Å². The van der Waals surface area contributed by atoms with Gasteiger partial charge in [-0.3, -0.25) is 0 Å². The molecule has 0 bridgehead atoms. The van der Waals surface area contributed by atoms with Crippen LogP contribution in [0, 0.1) is 5.92 Å². The van der Waals surface area contributed by atoms with Gasteiger partial charge in [0.1, 0.15) is 5.65 Å². The minimum absolute atomic E-state index is 0.153. The van der Waals surface area contributed by atoms with Crippen LogP contribution in [0.3, 0.4) is 0 Å². The summed E-state index contributed by atoms with van der Waals surface area (Å²) in [6.45, 7) is 6.54. The minimum atomic E-state index is 0.153. The fourth-order valence-electron chi connectivity index (χ4n) is 4.11. The highest BCUT2D eigenvalue weighted by Crippen LogP contribution is 2.30. The first-order valence-electron chi connectivity index (χ1n) is 9.41. The molecule has 2 aliphatic rings. The number of carbonyl (C=O) groups excluding carboxylic acids is 1. The van der Waals surface area contributed by atoms with E-state index in [1.54, 1.807) is 0 Å². The summed E-state index contributed by atoms with van der Waals surface area (Å²) in [6.07, 6.45) is 4.79. The second-order valence-electron chi connectivity index (χ2n) is 7.34. The summed E-state index contributed by atoms with van der Waals surface area (Å²) in [5.41, 5.74) is 2.06. The predicted molar refractivity (Wildman–Crippen MR) is 101 cm³/mol. The number of likely N-dealkylation sites (tertiary alicyclic amines) is 1. The molecule has 4 heterocycles. The van der Waals surface area contributed by atoms with E-state index in [1.807, 2.05) is 22.2 Å². The van der Waals surface area contributed by atoms with Crippen LogP contribution in [0.5, 0.6) is 0 Å². The lowest BCUT2D eigenvalue weighted by molar-refractivity contribution is 0.0391. The molecular formula is C19H27N5O2. The quantitative estimate of drug-likeness (QED) is 0.895. The molecule has 2 fully saturated rings. The molecule has 1 N–H and O–H groups in total. The molecule has 7 nitrogen and oxygen atoms in total. The van der Waals surface area contributed by atoms with Gasteiger partial charge in [0, 0.05) is 62.7 Å². The maximum Gasteiger partial charge on any atom is 0.320 e. The Morgan fingerprint density at radius 2 is 2.08 bits per heavy atom. The van der Waals surface area contributed by atoms with Gasteiger partial charge in [0.25, 0.3) is 0 Å². The highest BCUT2D eigenvalue weighted by atomic mass is 16.5. The molecule has 2 saturated heterocycles. The van der Waals surface area contributed by atoms with E-state index in [1.165, 1.54) is 0 Å². The van der Waals surface area contributed by atoms with Crippen LogP contribution in [-0.2, 0) is 4.74 Å². The minimum Gasteiger partial charge on any atom is -0.378 e. The average Bonchev–Trinajstić information content (AvgIpc) is 3.17. The van der Waals surface area contributed by atoms with Crippen molar-refractivity contribution in [2.75, 3.05) is 51.3 Å². The number of morpholine rings is 1. The lowest BCUT2D eigenvalue weighted by Crippen LogP contribution is -2.56. The fourth-order valence-corrected chi connectivity index (χ4v) is 4.11. The van der Waals surface area contributed by atoms with E-state index in [2.05, 4.69) is 41.0 Å². The van der Waals surface area contributed by atoms with Crippen molar-refractivity contribution in [3.63, 3.8) is 0 Å². The Labute approximate surface area is 153 Å². The Morgan fingerprint density at radius 1 is 1.27 bits per heavy atom. The number of rotatable bonds is 2. The molecule has 2 aromatic heterocycles. The Kier molecular flexibility index (Phi) is 4.72. The van der Waals surface area contributed by atoms with Crippen molar-refractivity contribution < 1.29 is 9.53 Å². The molecule has 140 valence electrons. The van der Waals surface area contributed by atoms with Crippen molar-refractivity contribution in [1.82, 2.24) is 19.8 Å². The molecule has 2 atom stereocenters. The first kappa shape index (κ1) is 17.1. The number of aromatic amines is 1. The Hall–Kier alpha value is -2.28. The zero-order chi connectivity index (χ0) is 18.1. The van der Waals surface area contributed by atoms with Crippen LogP contribution in [0.1, 0.15) is 13.3 Å². The van der Waals surface area contributed by atoms with Crippen LogP contribution in [0.25, 0.3) is 11.0 Å². The zero-order valence-electron chi connectivity index (χ0n) is 15.5. The van der Waals surface area contributed by atoms with Gasteiger partial charge in [-0.05, 0) is 24.5 Å². The monoisotopic (exact) mass is 357 g/mol. The molecule has 2 aromatic rings. The van der Waals surface area contributed by atoms with E-state index in [0.717, 1.165) is 36.2 Å². The van der Waals surface area contributed by atoms with Gasteiger partial charge in [-0.1, -0.05) is 6.92 Å². The van der Waals surface area contributed by atoms with Gasteiger partial charge in [0.2, 0.25) is 0 Å². The number of likely N-dealkylation sites (N-methyl/N-ethyl adjacent to an activating group) is 1. The molecule has 2 unspecified atom stereocenters. The van der Waals surface area contributed by atoms with Gasteiger partial charge in [-0.2, -0.15) is 0 Å². The maximum atomic E-state index is 12.9. The molecule has 0 aromatic carbocycles. The highest BCUT2D eigenvalue weighted by molar-refractivity contribution is 5.89. The van der Waals surface area contributed by atoms with Crippen LogP contribution in [0.15, 0.2) is 24.5 Å². The van der Waals surface area contributed by atoms with Crippen molar-refractivity contribution in [3.05, 3.63) is 24.5 Å². The molecule has 4 rings (SSSR count). The summed E-state index contributed by atoms with van der Waals surface area (Å²) < 4.78 is 5.38. The number of fused-ring (bicyclic) bond motifs is 1. The van der Waals surface area contributed by atoms with E-state index >= 15 is 0 Å². The van der Waals surface area contributed by atoms with Crippen molar-refractivity contribution in [2.24, 2.45) is 5.92 Å². The predicted octanol–water partition coefficient (Wildman–Crippen LogP) is 2.16. The molecule has 26 heavy (non-hydrogen) atoms. The van der Waals surface area contributed by atoms with Crippen LogP contribution in [0.2, 0.25) is 0 Å². The third-order valence-corrected chi connectivity index (χ3v) is 5.79. The number of pyridine rings is 1. The fraction of sp³-hybridized carbons (Fsp3) is 0.579. The zero-order valence-corrected chi connectivity index (χ0v) is 15.5. The van der Waals surface area contributed by atoms with Crippen LogP contribution in [0.4, 0.5) is 10.5 Å². The number of hydrogen-bond donors (Lipinski definition) is 1. The number of aromatic nitrogens is 2. The second kappa shape index (κ2) is 7.15. The standard InChI is InChI=1S/C19H27N5O2/c1-14-5-8-24(19(25)23-9-11-26-12-10-23)13-17(14)22(2)16-4-7-21-18-15(16)3-6-20-18/h3-4,6-7,14,17H,5,8-13H2,1-2H3,(H,20,21). The molecule has 0 radical (unpaired) electrons. The molecule has 7 heteroatoms. The average molecular weight is 357 g/mol. The number of nitrogens with zero attached hydrogens (tertiary/aromatic N) is 4. The van der Waals surface area contributed by atoms with E-state index in [-0.39, 0.29) is 12.1 Å². The number of anilines is 1. The molecule has 2 amide bonds. The molecule has 0 spiro atoms.